The first-order valence-electron chi connectivity index (χ1n) is 6.42. The fourth-order valence-corrected chi connectivity index (χ4v) is 1.90. The quantitative estimate of drug-likeness (QED) is 0.331. The van der Waals surface area contributed by atoms with Crippen LogP contribution >= 0.6 is 0 Å². The molecule has 6 heteroatoms. The van der Waals surface area contributed by atoms with E-state index in [0.29, 0.717) is 5.69 Å². The standard InChI is InChI=1S/C14H22N4O2/c1-9(2)12(13(15)17-20)14(19)16-10-5-7-11(8-6-10)18(3)4/h5-9,12,20H,1-4H3,(H2,15,17)(H,16,19). The summed E-state index contributed by atoms with van der Waals surface area (Å²) < 4.78 is 0. The van der Waals surface area contributed by atoms with Gasteiger partial charge in [-0.25, -0.2) is 0 Å². The molecule has 0 aliphatic carbocycles. The number of anilines is 2. The van der Waals surface area contributed by atoms with E-state index in [1.165, 1.54) is 0 Å². The van der Waals surface area contributed by atoms with Crippen molar-refractivity contribution < 1.29 is 10.0 Å². The van der Waals surface area contributed by atoms with Crippen molar-refractivity contribution in [2.45, 2.75) is 13.8 Å². The molecule has 4 N–H and O–H groups in total. The molecule has 0 saturated carbocycles. The fraction of sp³-hybridized carbons (Fsp3) is 0.429. The Labute approximate surface area is 119 Å². The van der Waals surface area contributed by atoms with Crippen LogP contribution in [0.15, 0.2) is 29.4 Å². The molecule has 20 heavy (non-hydrogen) atoms. The molecular formula is C14H22N4O2. The predicted octanol–water partition coefficient (Wildman–Crippen LogP) is 1.71. The molecule has 1 unspecified atom stereocenters. The van der Waals surface area contributed by atoms with Gasteiger partial charge in [0.1, 0.15) is 5.92 Å². The zero-order chi connectivity index (χ0) is 15.3. The number of nitrogens with one attached hydrogen (secondary N) is 1. The lowest BCUT2D eigenvalue weighted by Gasteiger charge is -2.19. The van der Waals surface area contributed by atoms with E-state index in [0.717, 1.165) is 5.69 Å². The van der Waals surface area contributed by atoms with Gasteiger partial charge >= 0.3 is 0 Å². The van der Waals surface area contributed by atoms with Gasteiger partial charge in [-0.2, -0.15) is 0 Å². The molecule has 1 aromatic carbocycles. The number of amidine groups is 1. The summed E-state index contributed by atoms with van der Waals surface area (Å²) in [6.07, 6.45) is 0. The molecule has 0 fully saturated rings. The molecule has 0 aromatic heterocycles. The van der Waals surface area contributed by atoms with E-state index in [-0.39, 0.29) is 17.7 Å². The maximum Gasteiger partial charge on any atom is 0.235 e. The van der Waals surface area contributed by atoms with Gasteiger partial charge in [-0.05, 0) is 30.2 Å². The number of amides is 1. The number of oxime groups is 1. The van der Waals surface area contributed by atoms with E-state index in [1.54, 1.807) is 0 Å². The topological polar surface area (TPSA) is 91.0 Å². The molecule has 0 bridgehead atoms. The van der Waals surface area contributed by atoms with Crippen LogP contribution in [0.5, 0.6) is 0 Å². The summed E-state index contributed by atoms with van der Waals surface area (Å²) in [7, 11) is 3.89. The second-order valence-corrected chi connectivity index (χ2v) is 5.18. The molecule has 0 aliphatic heterocycles. The van der Waals surface area contributed by atoms with Crippen LogP contribution < -0.4 is 16.0 Å². The Kier molecular flexibility index (Phi) is 5.37. The van der Waals surface area contributed by atoms with Crippen molar-refractivity contribution in [2.24, 2.45) is 22.7 Å². The van der Waals surface area contributed by atoms with Crippen LogP contribution in [-0.4, -0.2) is 31.0 Å². The SMILES string of the molecule is CC(C)C(C(=O)Nc1ccc(N(C)C)cc1)C(N)=NO. The van der Waals surface area contributed by atoms with Gasteiger partial charge in [0.15, 0.2) is 5.84 Å². The molecule has 1 amide bonds. The van der Waals surface area contributed by atoms with Crippen molar-refractivity contribution in [1.29, 1.82) is 0 Å². The summed E-state index contributed by atoms with van der Waals surface area (Å²) in [6.45, 7) is 3.69. The molecule has 6 nitrogen and oxygen atoms in total. The number of benzene rings is 1. The molecule has 0 aliphatic rings. The zero-order valence-electron chi connectivity index (χ0n) is 12.3. The van der Waals surface area contributed by atoms with Gasteiger partial charge in [-0.3, -0.25) is 4.79 Å². The molecular weight excluding hydrogens is 256 g/mol. The predicted molar refractivity (Wildman–Crippen MR) is 81.1 cm³/mol. The number of hydrogen-bond acceptors (Lipinski definition) is 4. The van der Waals surface area contributed by atoms with E-state index in [2.05, 4.69) is 10.5 Å². The molecule has 1 atom stereocenters. The third-order valence-corrected chi connectivity index (χ3v) is 3.03. The monoisotopic (exact) mass is 278 g/mol. The first-order chi connectivity index (χ1) is 9.36. The molecule has 1 rings (SSSR count). The van der Waals surface area contributed by atoms with Crippen LogP contribution in [0.2, 0.25) is 0 Å². The lowest BCUT2D eigenvalue weighted by Crippen LogP contribution is -2.38. The van der Waals surface area contributed by atoms with Crippen molar-refractivity contribution in [3.05, 3.63) is 24.3 Å². The Morgan fingerprint density at radius 1 is 1.30 bits per heavy atom. The molecule has 0 radical (unpaired) electrons. The summed E-state index contributed by atoms with van der Waals surface area (Å²) in [5, 5.41) is 14.5. The number of rotatable bonds is 5. The smallest absolute Gasteiger partial charge is 0.235 e. The minimum Gasteiger partial charge on any atom is -0.409 e. The lowest BCUT2D eigenvalue weighted by atomic mass is 9.94. The van der Waals surface area contributed by atoms with E-state index >= 15 is 0 Å². The molecule has 1 aromatic rings. The third-order valence-electron chi connectivity index (χ3n) is 3.03. The summed E-state index contributed by atoms with van der Waals surface area (Å²) in [5.74, 6) is -1.09. The van der Waals surface area contributed by atoms with Gasteiger partial charge in [-0.1, -0.05) is 19.0 Å². The van der Waals surface area contributed by atoms with Crippen LogP contribution in [0.4, 0.5) is 11.4 Å². The van der Waals surface area contributed by atoms with Gasteiger partial charge in [0.2, 0.25) is 5.91 Å². The summed E-state index contributed by atoms with van der Waals surface area (Å²) in [5.41, 5.74) is 7.29. The minimum absolute atomic E-state index is 0.0630. The second kappa shape index (κ2) is 6.79. The minimum atomic E-state index is -0.659. The van der Waals surface area contributed by atoms with E-state index in [9.17, 15) is 4.79 Å². The Hall–Kier alpha value is -2.24. The summed E-state index contributed by atoms with van der Waals surface area (Å²) >= 11 is 0. The average Bonchev–Trinajstić information content (AvgIpc) is 2.38. The van der Waals surface area contributed by atoms with E-state index in [1.807, 2.05) is 57.1 Å². The zero-order valence-corrected chi connectivity index (χ0v) is 12.3. The number of hydrogen-bond donors (Lipinski definition) is 3. The van der Waals surface area contributed by atoms with Crippen molar-refractivity contribution in [2.75, 3.05) is 24.3 Å². The van der Waals surface area contributed by atoms with Crippen LogP contribution in [0.1, 0.15) is 13.8 Å². The summed E-state index contributed by atoms with van der Waals surface area (Å²) in [4.78, 5) is 14.2. The maximum atomic E-state index is 12.2. The van der Waals surface area contributed by atoms with Crippen LogP contribution in [-0.2, 0) is 4.79 Å². The molecule has 0 spiro atoms. The van der Waals surface area contributed by atoms with E-state index < -0.39 is 5.92 Å². The maximum absolute atomic E-state index is 12.2. The molecule has 0 heterocycles. The highest BCUT2D eigenvalue weighted by Gasteiger charge is 2.26. The lowest BCUT2D eigenvalue weighted by molar-refractivity contribution is -0.119. The number of carbonyl (C=O) groups is 1. The van der Waals surface area contributed by atoms with Gasteiger partial charge in [0.05, 0.1) is 0 Å². The number of nitrogens with two attached hydrogens (primary N) is 1. The van der Waals surface area contributed by atoms with Crippen LogP contribution in [0, 0.1) is 11.8 Å². The Balaban J connectivity index is 2.83. The van der Waals surface area contributed by atoms with Crippen molar-refractivity contribution in [1.82, 2.24) is 0 Å². The summed E-state index contributed by atoms with van der Waals surface area (Å²) in [6, 6.07) is 7.45. The highest BCUT2D eigenvalue weighted by Crippen LogP contribution is 2.18. The van der Waals surface area contributed by atoms with Gasteiger partial charge in [0, 0.05) is 25.5 Å². The molecule has 110 valence electrons. The molecule has 0 saturated heterocycles. The van der Waals surface area contributed by atoms with Gasteiger partial charge in [-0.15, -0.1) is 0 Å². The highest BCUT2D eigenvalue weighted by atomic mass is 16.4. The van der Waals surface area contributed by atoms with Gasteiger partial charge in [0.25, 0.3) is 0 Å². The van der Waals surface area contributed by atoms with E-state index in [4.69, 9.17) is 10.9 Å². The highest BCUT2D eigenvalue weighted by molar-refractivity contribution is 6.07. The Morgan fingerprint density at radius 2 is 1.85 bits per heavy atom. The average molecular weight is 278 g/mol. The second-order valence-electron chi connectivity index (χ2n) is 5.18. The number of nitrogens with zero attached hydrogens (tertiary/aromatic N) is 2. The van der Waals surface area contributed by atoms with Gasteiger partial charge < -0.3 is 21.2 Å². The fourth-order valence-electron chi connectivity index (χ4n) is 1.90. The Bertz CT molecular complexity index is 480. The first-order valence-corrected chi connectivity index (χ1v) is 6.42. The normalized spacial score (nSPS) is 13.2. The van der Waals surface area contributed by atoms with Crippen molar-refractivity contribution >= 4 is 23.1 Å². The first kappa shape index (κ1) is 15.8. The number of carbonyl (C=O) groups excluding carboxylic acids is 1. The van der Waals surface area contributed by atoms with Crippen LogP contribution in [0.25, 0.3) is 0 Å². The van der Waals surface area contributed by atoms with Crippen LogP contribution in [0.3, 0.4) is 0 Å². The third kappa shape index (κ3) is 3.88. The largest absolute Gasteiger partial charge is 0.409 e. The van der Waals surface area contributed by atoms with Crippen molar-refractivity contribution in [3.63, 3.8) is 0 Å². The van der Waals surface area contributed by atoms with Crippen molar-refractivity contribution in [3.8, 4) is 0 Å². The Morgan fingerprint density at radius 3 is 2.25 bits per heavy atom.